The van der Waals surface area contributed by atoms with Crippen LogP contribution < -0.4 is 10.7 Å². The van der Waals surface area contributed by atoms with Gasteiger partial charge in [-0.3, -0.25) is 4.79 Å². The Balaban J connectivity index is 3.41. The van der Waals surface area contributed by atoms with Crippen molar-refractivity contribution in [3.05, 3.63) is 27.5 Å². The number of H-pyrrole nitrogens is 1. The minimum Gasteiger partial charge on any atom is -0.375 e. The van der Waals surface area contributed by atoms with Crippen LogP contribution in [-0.2, 0) is 0 Å². The van der Waals surface area contributed by atoms with Gasteiger partial charge in [0.15, 0.2) is 0 Å². The molecule has 0 unspecified atom stereocenters. The Morgan fingerprint density at radius 1 is 1.67 bits per heavy atom. The van der Waals surface area contributed by atoms with Crippen molar-refractivity contribution < 1.29 is 0 Å². The third-order valence-electron chi connectivity index (χ3n) is 1.60. The maximum absolute atomic E-state index is 11.2. The van der Waals surface area contributed by atoms with E-state index in [1.165, 1.54) is 6.07 Å². The lowest BCUT2D eigenvalue weighted by Gasteiger charge is -2.02. The van der Waals surface area contributed by atoms with Gasteiger partial charge >= 0.3 is 0 Å². The first-order valence-electron chi connectivity index (χ1n) is 3.51. The van der Waals surface area contributed by atoms with Crippen LogP contribution in [0.15, 0.2) is 10.9 Å². The molecule has 0 saturated carbocycles. The number of hydrogen-bond acceptors (Lipinski definition) is 3. The van der Waals surface area contributed by atoms with E-state index >= 15 is 0 Å². The molecule has 0 aliphatic carbocycles. The number of aromatic amines is 1. The molecule has 0 spiro atoms. The monoisotopic (exact) mass is 163 g/mol. The quantitative estimate of drug-likeness (QED) is 0.636. The zero-order chi connectivity index (χ0) is 9.14. The predicted molar refractivity (Wildman–Crippen MR) is 46.1 cm³/mol. The molecule has 0 saturated heterocycles. The lowest BCUT2D eigenvalue weighted by molar-refractivity contribution is 1.15. The van der Waals surface area contributed by atoms with E-state index in [1.807, 2.05) is 6.07 Å². The number of nitrogens with one attached hydrogen (secondary N) is 2. The summed E-state index contributed by atoms with van der Waals surface area (Å²) in [6.07, 6.45) is 0. The minimum absolute atomic E-state index is 0.175. The van der Waals surface area contributed by atoms with Gasteiger partial charge in [0.2, 0.25) is 5.43 Å². The Hall–Kier alpha value is -1.76. The molecular weight excluding hydrogens is 154 g/mol. The molecule has 0 aliphatic heterocycles. The van der Waals surface area contributed by atoms with Crippen molar-refractivity contribution >= 4 is 5.82 Å². The molecule has 4 heteroatoms. The average molecular weight is 163 g/mol. The van der Waals surface area contributed by atoms with Crippen LogP contribution in [0.3, 0.4) is 0 Å². The van der Waals surface area contributed by atoms with Crippen LogP contribution in [0.5, 0.6) is 0 Å². The Bertz CT molecular complexity index is 386. The van der Waals surface area contributed by atoms with Crippen LogP contribution in [0.2, 0.25) is 0 Å². The average Bonchev–Trinajstić information content (AvgIpc) is 2.03. The highest BCUT2D eigenvalue weighted by Gasteiger charge is 2.03. The maximum Gasteiger partial charge on any atom is 0.201 e. The van der Waals surface area contributed by atoms with Crippen LogP contribution in [0, 0.1) is 18.3 Å². The van der Waals surface area contributed by atoms with E-state index in [0.717, 1.165) is 0 Å². The second-order valence-corrected chi connectivity index (χ2v) is 2.41. The smallest absolute Gasteiger partial charge is 0.201 e. The fourth-order valence-electron chi connectivity index (χ4n) is 0.962. The van der Waals surface area contributed by atoms with Crippen LogP contribution in [-0.4, -0.2) is 12.0 Å². The third kappa shape index (κ3) is 1.30. The van der Waals surface area contributed by atoms with Gasteiger partial charge < -0.3 is 10.3 Å². The van der Waals surface area contributed by atoms with Gasteiger partial charge in [-0.2, -0.15) is 5.26 Å². The number of aromatic nitrogens is 1. The van der Waals surface area contributed by atoms with Crippen molar-refractivity contribution in [1.82, 2.24) is 4.98 Å². The van der Waals surface area contributed by atoms with E-state index in [9.17, 15) is 4.79 Å². The number of hydrogen-bond donors (Lipinski definition) is 2. The summed E-state index contributed by atoms with van der Waals surface area (Å²) in [6, 6.07) is 3.21. The molecule has 2 N–H and O–H groups in total. The highest BCUT2D eigenvalue weighted by atomic mass is 16.1. The number of anilines is 1. The van der Waals surface area contributed by atoms with Gasteiger partial charge in [0, 0.05) is 18.8 Å². The summed E-state index contributed by atoms with van der Waals surface area (Å²) in [5.41, 5.74) is 0.515. The number of nitriles is 1. The molecule has 1 aromatic heterocycles. The Morgan fingerprint density at radius 3 is 2.75 bits per heavy atom. The summed E-state index contributed by atoms with van der Waals surface area (Å²) in [4.78, 5) is 14.1. The summed E-state index contributed by atoms with van der Waals surface area (Å²) in [6.45, 7) is 1.70. The molecule has 4 nitrogen and oxygen atoms in total. The van der Waals surface area contributed by atoms with E-state index in [1.54, 1.807) is 14.0 Å². The van der Waals surface area contributed by atoms with E-state index in [4.69, 9.17) is 5.26 Å². The second-order valence-electron chi connectivity index (χ2n) is 2.41. The van der Waals surface area contributed by atoms with Gasteiger partial charge in [-0.1, -0.05) is 0 Å². The summed E-state index contributed by atoms with van der Waals surface area (Å²) >= 11 is 0. The summed E-state index contributed by atoms with van der Waals surface area (Å²) < 4.78 is 0. The third-order valence-corrected chi connectivity index (χ3v) is 1.60. The molecule has 12 heavy (non-hydrogen) atoms. The lowest BCUT2D eigenvalue weighted by Crippen LogP contribution is -2.10. The number of rotatable bonds is 1. The highest BCUT2D eigenvalue weighted by molar-refractivity contribution is 5.42. The van der Waals surface area contributed by atoms with Gasteiger partial charge in [-0.15, -0.1) is 0 Å². The maximum atomic E-state index is 11.2. The number of pyridine rings is 1. The number of nitrogens with zero attached hydrogens (tertiary/aromatic N) is 1. The van der Waals surface area contributed by atoms with Crippen molar-refractivity contribution in [2.24, 2.45) is 0 Å². The van der Waals surface area contributed by atoms with Crippen LogP contribution in [0.4, 0.5) is 5.82 Å². The second kappa shape index (κ2) is 3.09. The molecule has 1 rings (SSSR count). The molecular formula is C8H9N3O. The standard InChI is InChI=1S/C8H9N3O/c1-5-6(4-9)7(12)3-8(10-2)11-5/h3H,1-2H3,(H2,10,11,12). The largest absolute Gasteiger partial charge is 0.375 e. The Kier molecular flexibility index (Phi) is 2.15. The molecule has 1 heterocycles. The fraction of sp³-hybridized carbons (Fsp3) is 0.250. The van der Waals surface area contributed by atoms with Gasteiger partial charge in [-0.05, 0) is 6.92 Å². The predicted octanol–water partition coefficient (Wildman–Crippen LogP) is 0.597. The normalized spacial score (nSPS) is 9.08. The van der Waals surface area contributed by atoms with E-state index in [-0.39, 0.29) is 11.0 Å². The van der Waals surface area contributed by atoms with Gasteiger partial charge in [0.05, 0.1) is 0 Å². The minimum atomic E-state index is -0.252. The van der Waals surface area contributed by atoms with Crippen LogP contribution in [0.1, 0.15) is 11.3 Å². The van der Waals surface area contributed by atoms with Crippen molar-refractivity contribution in [2.45, 2.75) is 6.92 Å². The van der Waals surface area contributed by atoms with Crippen molar-refractivity contribution in [3.63, 3.8) is 0 Å². The van der Waals surface area contributed by atoms with E-state index in [0.29, 0.717) is 11.5 Å². The first-order valence-corrected chi connectivity index (χ1v) is 3.51. The van der Waals surface area contributed by atoms with Crippen molar-refractivity contribution in [1.29, 1.82) is 5.26 Å². The molecule has 0 bridgehead atoms. The Morgan fingerprint density at radius 2 is 2.33 bits per heavy atom. The molecule has 0 atom stereocenters. The lowest BCUT2D eigenvalue weighted by atomic mass is 10.2. The number of aryl methyl sites for hydroxylation is 1. The molecule has 0 aliphatic rings. The van der Waals surface area contributed by atoms with E-state index in [2.05, 4.69) is 10.3 Å². The first-order chi connectivity index (χ1) is 5.69. The van der Waals surface area contributed by atoms with Gasteiger partial charge in [0.1, 0.15) is 17.5 Å². The summed E-state index contributed by atoms with van der Waals surface area (Å²) in [5, 5.41) is 11.4. The van der Waals surface area contributed by atoms with Crippen molar-refractivity contribution in [2.75, 3.05) is 12.4 Å². The van der Waals surface area contributed by atoms with Gasteiger partial charge in [-0.25, -0.2) is 0 Å². The summed E-state index contributed by atoms with van der Waals surface area (Å²) in [5.74, 6) is 0.622. The van der Waals surface area contributed by atoms with Crippen LogP contribution in [0.25, 0.3) is 0 Å². The SMILES string of the molecule is CNc1cc(=O)c(C#N)c(C)[nH]1. The van der Waals surface area contributed by atoms with E-state index < -0.39 is 0 Å². The van der Waals surface area contributed by atoms with Crippen LogP contribution >= 0.6 is 0 Å². The molecule has 1 aromatic rings. The zero-order valence-corrected chi connectivity index (χ0v) is 6.93. The zero-order valence-electron chi connectivity index (χ0n) is 6.93. The molecule has 0 amide bonds. The summed E-state index contributed by atoms with van der Waals surface area (Å²) in [7, 11) is 1.71. The molecule has 62 valence electrons. The molecule has 0 fully saturated rings. The fourth-order valence-corrected chi connectivity index (χ4v) is 0.962. The topological polar surface area (TPSA) is 68.7 Å². The molecule has 0 radical (unpaired) electrons. The molecule has 0 aromatic carbocycles. The van der Waals surface area contributed by atoms with Gasteiger partial charge in [0.25, 0.3) is 0 Å². The highest BCUT2D eigenvalue weighted by Crippen LogP contribution is 2.02. The Labute approximate surface area is 69.8 Å². The van der Waals surface area contributed by atoms with Crippen molar-refractivity contribution in [3.8, 4) is 6.07 Å². The first kappa shape index (κ1) is 8.34.